The van der Waals surface area contributed by atoms with Gasteiger partial charge >= 0.3 is 6.09 Å². The van der Waals surface area contributed by atoms with Crippen LogP contribution < -0.4 is 4.90 Å². The highest BCUT2D eigenvalue weighted by molar-refractivity contribution is 7.99. The molecule has 1 fully saturated rings. The van der Waals surface area contributed by atoms with E-state index < -0.39 is 6.09 Å². The number of likely N-dealkylation sites (tertiary alicyclic amines) is 1. The van der Waals surface area contributed by atoms with Crippen molar-refractivity contribution >= 4 is 35.1 Å². The predicted octanol–water partition coefficient (Wildman–Crippen LogP) is 5.30. The van der Waals surface area contributed by atoms with Crippen LogP contribution in [0.1, 0.15) is 24.3 Å². The van der Waals surface area contributed by atoms with Gasteiger partial charge in [0.05, 0.1) is 10.7 Å². The summed E-state index contributed by atoms with van der Waals surface area (Å²) in [5, 5.41) is 9.89. The third kappa shape index (κ3) is 2.85. The van der Waals surface area contributed by atoms with Crippen LogP contribution in [0.2, 0.25) is 5.02 Å². The van der Waals surface area contributed by atoms with Crippen molar-refractivity contribution in [2.45, 2.75) is 29.7 Å². The second kappa shape index (κ2) is 6.85. The van der Waals surface area contributed by atoms with Gasteiger partial charge in [0.25, 0.3) is 0 Å². The SMILES string of the molecule is O=C(O)N1CC[C@H]2[C@@H](C1)c1cc(-c3ccc(F)cc3Cl)cc3c1N2CCCS3. The summed E-state index contributed by atoms with van der Waals surface area (Å²) in [4.78, 5) is 16.8. The van der Waals surface area contributed by atoms with Crippen LogP contribution in [0, 0.1) is 5.82 Å². The number of nitrogens with zero attached hydrogens (tertiary/aromatic N) is 2. The van der Waals surface area contributed by atoms with Crippen molar-refractivity contribution < 1.29 is 14.3 Å². The molecule has 3 heterocycles. The molecule has 2 aromatic rings. The molecule has 3 aliphatic rings. The number of fused-ring (bicyclic) bond motifs is 3. The van der Waals surface area contributed by atoms with Gasteiger partial charge in [-0.2, -0.15) is 0 Å². The number of thioether (sulfide) groups is 1. The fraction of sp³-hybridized carbons (Fsp3) is 0.381. The highest BCUT2D eigenvalue weighted by Gasteiger charge is 2.44. The number of hydrogen-bond acceptors (Lipinski definition) is 3. The first kappa shape index (κ1) is 18.1. The molecule has 1 N–H and O–H groups in total. The van der Waals surface area contributed by atoms with Crippen LogP contribution in [0.4, 0.5) is 14.9 Å². The van der Waals surface area contributed by atoms with E-state index in [1.54, 1.807) is 6.07 Å². The molecule has 0 unspecified atom stereocenters. The van der Waals surface area contributed by atoms with Crippen LogP contribution in [0.5, 0.6) is 0 Å². The van der Waals surface area contributed by atoms with E-state index in [4.69, 9.17) is 11.6 Å². The number of piperidine rings is 1. The lowest BCUT2D eigenvalue weighted by atomic mass is 9.88. The summed E-state index contributed by atoms with van der Waals surface area (Å²) >= 11 is 8.19. The summed E-state index contributed by atoms with van der Waals surface area (Å²) in [6.45, 7) is 2.12. The van der Waals surface area contributed by atoms with Crippen molar-refractivity contribution in [1.82, 2.24) is 4.90 Å². The molecule has 28 heavy (non-hydrogen) atoms. The molecule has 2 aromatic carbocycles. The fourth-order valence-electron chi connectivity index (χ4n) is 4.86. The third-order valence-electron chi connectivity index (χ3n) is 6.08. The van der Waals surface area contributed by atoms with Gasteiger partial charge in [0, 0.05) is 42.1 Å². The summed E-state index contributed by atoms with van der Waals surface area (Å²) in [5.74, 6) is 0.872. The zero-order chi connectivity index (χ0) is 19.4. The smallest absolute Gasteiger partial charge is 0.407 e. The Bertz CT molecular complexity index is 970. The quantitative estimate of drug-likeness (QED) is 0.682. The molecular weight excluding hydrogens is 399 g/mol. The fourth-order valence-corrected chi connectivity index (χ4v) is 6.21. The van der Waals surface area contributed by atoms with Crippen LogP contribution in [-0.4, -0.2) is 47.5 Å². The average Bonchev–Trinajstić information content (AvgIpc) is 2.82. The van der Waals surface area contributed by atoms with E-state index in [1.807, 2.05) is 11.8 Å². The molecule has 3 aliphatic heterocycles. The van der Waals surface area contributed by atoms with Gasteiger partial charge in [0.1, 0.15) is 5.82 Å². The molecule has 146 valence electrons. The second-order valence-corrected chi connectivity index (χ2v) is 9.17. The maximum absolute atomic E-state index is 13.5. The molecule has 0 aliphatic carbocycles. The van der Waals surface area contributed by atoms with Gasteiger partial charge in [-0.25, -0.2) is 9.18 Å². The van der Waals surface area contributed by atoms with Gasteiger partial charge in [-0.3, -0.25) is 0 Å². The topological polar surface area (TPSA) is 43.8 Å². The number of anilines is 1. The van der Waals surface area contributed by atoms with Crippen LogP contribution in [0.25, 0.3) is 11.1 Å². The number of halogens is 2. The standard InChI is InChI=1S/C21H20ClFN2O2S/c22-17-10-13(23)2-3-14(17)12-8-15-16-11-24(21(26)27)6-4-18(16)25-5-1-7-28-19(9-12)20(15)25/h2-3,8-10,16,18H,1,4-7,11H2,(H,26,27)/t16-,18-/m0/s1. The first-order valence-electron chi connectivity index (χ1n) is 9.53. The van der Waals surface area contributed by atoms with E-state index in [1.165, 1.54) is 33.2 Å². The van der Waals surface area contributed by atoms with Crippen molar-refractivity contribution in [2.24, 2.45) is 0 Å². The van der Waals surface area contributed by atoms with Gasteiger partial charge in [-0.15, -0.1) is 11.8 Å². The number of benzene rings is 2. The zero-order valence-electron chi connectivity index (χ0n) is 15.2. The van der Waals surface area contributed by atoms with Gasteiger partial charge in [0.15, 0.2) is 0 Å². The summed E-state index contributed by atoms with van der Waals surface area (Å²) < 4.78 is 13.5. The second-order valence-electron chi connectivity index (χ2n) is 7.62. The summed E-state index contributed by atoms with van der Waals surface area (Å²) in [6, 6.07) is 9.15. The minimum Gasteiger partial charge on any atom is -0.465 e. The highest BCUT2D eigenvalue weighted by Crippen LogP contribution is 2.52. The molecule has 1 amide bonds. The molecule has 1 saturated heterocycles. The third-order valence-corrected chi connectivity index (χ3v) is 7.51. The molecule has 0 aromatic heterocycles. The van der Waals surface area contributed by atoms with Gasteiger partial charge in [-0.05, 0) is 60.1 Å². The maximum Gasteiger partial charge on any atom is 0.407 e. The normalized spacial score (nSPS) is 23.2. The lowest BCUT2D eigenvalue weighted by Crippen LogP contribution is -2.48. The number of rotatable bonds is 1. The van der Waals surface area contributed by atoms with Crippen molar-refractivity contribution in [1.29, 1.82) is 0 Å². The molecule has 0 spiro atoms. The summed E-state index contributed by atoms with van der Waals surface area (Å²) in [7, 11) is 0. The van der Waals surface area contributed by atoms with Crippen LogP contribution in [0.3, 0.4) is 0 Å². The minimum atomic E-state index is -0.849. The van der Waals surface area contributed by atoms with E-state index in [0.29, 0.717) is 24.2 Å². The Morgan fingerprint density at radius 3 is 2.89 bits per heavy atom. The van der Waals surface area contributed by atoms with Crippen LogP contribution in [0.15, 0.2) is 35.2 Å². The van der Waals surface area contributed by atoms with Gasteiger partial charge in [-0.1, -0.05) is 11.6 Å². The van der Waals surface area contributed by atoms with Crippen molar-refractivity contribution in [3.63, 3.8) is 0 Å². The van der Waals surface area contributed by atoms with E-state index in [9.17, 15) is 14.3 Å². The largest absolute Gasteiger partial charge is 0.465 e. The monoisotopic (exact) mass is 418 g/mol. The van der Waals surface area contributed by atoms with Crippen molar-refractivity contribution in [3.8, 4) is 11.1 Å². The van der Waals surface area contributed by atoms with E-state index in [2.05, 4.69) is 17.0 Å². The van der Waals surface area contributed by atoms with E-state index in [-0.39, 0.29) is 11.7 Å². The highest BCUT2D eigenvalue weighted by atomic mass is 35.5. The Labute approximate surface area is 172 Å². The van der Waals surface area contributed by atoms with Crippen LogP contribution >= 0.6 is 23.4 Å². The number of amides is 1. The van der Waals surface area contributed by atoms with Gasteiger partial charge in [0.2, 0.25) is 0 Å². The van der Waals surface area contributed by atoms with Crippen molar-refractivity contribution in [2.75, 3.05) is 30.3 Å². The van der Waals surface area contributed by atoms with E-state index >= 15 is 0 Å². The zero-order valence-corrected chi connectivity index (χ0v) is 16.8. The Balaban J connectivity index is 1.65. The molecule has 2 atom stereocenters. The van der Waals surface area contributed by atoms with Gasteiger partial charge < -0.3 is 14.9 Å². The predicted molar refractivity (Wildman–Crippen MR) is 110 cm³/mol. The minimum absolute atomic E-state index is 0.163. The molecular formula is C21H20ClFN2O2S. The molecule has 0 bridgehead atoms. The number of hydrogen-bond donors (Lipinski definition) is 1. The lowest BCUT2D eigenvalue weighted by Gasteiger charge is -2.37. The molecule has 5 rings (SSSR count). The number of carboxylic acid groups (broad SMARTS) is 1. The first-order valence-corrected chi connectivity index (χ1v) is 10.9. The number of carbonyl (C=O) groups is 1. The summed E-state index contributed by atoms with van der Waals surface area (Å²) in [6.07, 6.45) is 1.11. The molecule has 0 saturated carbocycles. The molecule has 0 radical (unpaired) electrons. The average molecular weight is 419 g/mol. The van der Waals surface area contributed by atoms with Crippen molar-refractivity contribution in [3.05, 3.63) is 46.7 Å². The molecule has 7 heteroatoms. The Morgan fingerprint density at radius 1 is 1.25 bits per heavy atom. The Morgan fingerprint density at radius 2 is 2.11 bits per heavy atom. The van der Waals surface area contributed by atoms with Crippen LogP contribution in [-0.2, 0) is 0 Å². The Hall–Kier alpha value is -1.92. The summed E-state index contributed by atoms with van der Waals surface area (Å²) in [5.41, 5.74) is 4.26. The Kier molecular flexibility index (Phi) is 4.43. The van der Waals surface area contributed by atoms with E-state index in [0.717, 1.165) is 36.3 Å². The molecule has 4 nitrogen and oxygen atoms in total. The lowest BCUT2D eigenvalue weighted by molar-refractivity contribution is 0.127. The first-order chi connectivity index (χ1) is 13.5. The maximum atomic E-state index is 13.5.